The van der Waals surface area contributed by atoms with E-state index in [0.717, 1.165) is 17.9 Å². The van der Waals surface area contributed by atoms with Gasteiger partial charge < -0.3 is 10.1 Å². The van der Waals surface area contributed by atoms with Crippen LogP contribution in [-0.4, -0.2) is 33.8 Å². The number of amides is 1. The molecule has 1 amide bonds. The molecule has 0 aliphatic carbocycles. The van der Waals surface area contributed by atoms with Crippen molar-refractivity contribution in [1.82, 2.24) is 20.1 Å². The van der Waals surface area contributed by atoms with Gasteiger partial charge in [0, 0.05) is 23.7 Å². The molecule has 1 aliphatic heterocycles. The van der Waals surface area contributed by atoms with Crippen LogP contribution in [0.3, 0.4) is 0 Å². The Balaban J connectivity index is 1.39. The molecule has 0 saturated heterocycles. The van der Waals surface area contributed by atoms with Crippen LogP contribution in [0.5, 0.6) is 5.75 Å². The lowest BCUT2D eigenvalue weighted by molar-refractivity contribution is 0.0939. The zero-order chi connectivity index (χ0) is 17.1. The second-order valence-corrected chi connectivity index (χ2v) is 6.12. The van der Waals surface area contributed by atoms with Gasteiger partial charge in [0.05, 0.1) is 6.61 Å². The third kappa shape index (κ3) is 3.38. The molecule has 2 aromatic carbocycles. The Labute approximate surface area is 145 Å². The first-order chi connectivity index (χ1) is 12.3. The predicted octanol–water partition coefficient (Wildman–Crippen LogP) is 2.25. The lowest BCUT2D eigenvalue weighted by Gasteiger charge is -2.25. The number of carbonyl (C=O) groups excluding carboxylic acids is 1. The summed E-state index contributed by atoms with van der Waals surface area (Å²) >= 11 is 0. The standard InChI is InChI=1S/C19H18N4O2/c24-19(16-5-3-6-17(9-16)23-12-21-22-13-23)20-10-14-8-15-4-1-2-7-18(15)25-11-14/h1-7,9,12-14H,8,10-11H2,(H,20,24)/t14-/m1/s1. The molecule has 1 aromatic heterocycles. The highest BCUT2D eigenvalue weighted by atomic mass is 16.5. The van der Waals surface area contributed by atoms with Crippen LogP contribution in [0.4, 0.5) is 0 Å². The van der Waals surface area contributed by atoms with Gasteiger partial charge in [-0.25, -0.2) is 0 Å². The molecule has 1 aliphatic rings. The number of benzene rings is 2. The van der Waals surface area contributed by atoms with E-state index in [2.05, 4.69) is 21.6 Å². The van der Waals surface area contributed by atoms with Crippen molar-refractivity contribution >= 4 is 5.91 Å². The Morgan fingerprint density at radius 1 is 1.16 bits per heavy atom. The largest absolute Gasteiger partial charge is 0.493 e. The quantitative estimate of drug-likeness (QED) is 0.794. The van der Waals surface area contributed by atoms with Gasteiger partial charge in [0.1, 0.15) is 18.4 Å². The fourth-order valence-electron chi connectivity index (χ4n) is 3.00. The second kappa shape index (κ2) is 6.76. The van der Waals surface area contributed by atoms with Crippen molar-refractivity contribution in [3.05, 3.63) is 72.3 Å². The Morgan fingerprint density at radius 3 is 2.88 bits per heavy atom. The smallest absolute Gasteiger partial charge is 0.251 e. The van der Waals surface area contributed by atoms with Gasteiger partial charge in [-0.1, -0.05) is 24.3 Å². The molecular weight excluding hydrogens is 316 g/mol. The molecule has 0 radical (unpaired) electrons. The van der Waals surface area contributed by atoms with E-state index < -0.39 is 0 Å². The average molecular weight is 334 g/mol. The highest BCUT2D eigenvalue weighted by Gasteiger charge is 2.20. The highest BCUT2D eigenvalue weighted by molar-refractivity contribution is 5.94. The summed E-state index contributed by atoms with van der Waals surface area (Å²) in [5.41, 5.74) is 2.67. The number of ether oxygens (including phenoxy) is 1. The van der Waals surface area contributed by atoms with E-state index in [1.54, 1.807) is 23.3 Å². The van der Waals surface area contributed by atoms with Crippen molar-refractivity contribution in [2.45, 2.75) is 6.42 Å². The number of nitrogens with one attached hydrogen (secondary N) is 1. The number of fused-ring (bicyclic) bond motifs is 1. The molecule has 25 heavy (non-hydrogen) atoms. The number of nitrogens with zero attached hydrogens (tertiary/aromatic N) is 3. The van der Waals surface area contributed by atoms with Gasteiger partial charge in [-0.3, -0.25) is 9.36 Å². The number of hydrogen-bond acceptors (Lipinski definition) is 4. The van der Waals surface area contributed by atoms with E-state index in [0.29, 0.717) is 18.7 Å². The minimum Gasteiger partial charge on any atom is -0.493 e. The van der Waals surface area contributed by atoms with E-state index in [4.69, 9.17) is 4.74 Å². The summed E-state index contributed by atoms with van der Waals surface area (Å²) in [6.45, 7) is 1.21. The molecular formula is C19H18N4O2. The first-order valence-electron chi connectivity index (χ1n) is 8.23. The summed E-state index contributed by atoms with van der Waals surface area (Å²) in [7, 11) is 0. The molecule has 126 valence electrons. The lowest BCUT2D eigenvalue weighted by atomic mass is 9.96. The van der Waals surface area contributed by atoms with Crippen molar-refractivity contribution in [2.24, 2.45) is 5.92 Å². The van der Waals surface area contributed by atoms with Crippen LogP contribution in [0.2, 0.25) is 0 Å². The molecule has 0 unspecified atom stereocenters. The van der Waals surface area contributed by atoms with Crippen LogP contribution in [0.15, 0.2) is 61.2 Å². The van der Waals surface area contributed by atoms with E-state index in [1.165, 1.54) is 5.56 Å². The Morgan fingerprint density at radius 2 is 2.00 bits per heavy atom. The number of aromatic nitrogens is 3. The van der Waals surface area contributed by atoms with Crippen molar-refractivity contribution < 1.29 is 9.53 Å². The fraction of sp³-hybridized carbons (Fsp3) is 0.211. The maximum atomic E-state index is 12.5. The van der Waals surface area contributed by atoms with Gasteiger partial charge in [-0.2, -0.15) is 0 Å². The van der Waals surface area contributed by atoms with Gasteiger partial charge in [0.2, 0.25) is 0 Å². The van der Waals surface area contributed by atoms with Gasteiger partial charge in [0.15, 0.2) is 0 Å². The highest BCUT2D eigenvalue weighted by Crippen LogP contribution is 2.26. The molecule has 0 fully saturated rings. The minimum atomic E-state index is -0.0891. The van der Waals surface area contributed by atoms with Gasteiger partial charge in [-0.15, -0.1) is 10.2 Å². The van der Waals surface area contributed by atoms with Crippen LogP contribution >= 0.6 is 0 Å². The first-order valence-corrected chi connectivity index (χ1v) is 8.23. The SMILES string of the molecule is O=C(NC[C@@H]1COc2ccccc2C1)c1cccc(-n2cnnc2)c1. The normalized spacial score (nSPS) is 15.9. The zero-order valence-electron chi connectivity index (χ0n) is 13.6. The fourth-order valence-corrected chi connectivity index (χ4v) is 3.00. The number of hydrogen-bond donors (Lipinski definition) is 1. The third-order valence-corrected chi connectivity index (χ3v) is 4.33. The summed E-state index contributed by atoms with van der Waals surface area (Å²) in [6.07, 6.45) is 4.12. The summed E-state index contributed by atoms with van der Waals surface area (Å²) in [5.74, 6) is 1.14. The molecule has 4 rings (SSSR count). The summed E-state index contributed by atoms with van der Waals surface area (Å²) in [6, 6.07) is 15.4. The first kappa shape index (κ1) is 15.4. The number of rotatable bonds is 4. The van der Waals surface area contributed by atoms with Crippen molar-refractivity contribution in [3.63, 3.8) is 0 Å². The summed E-state index contributed by atoms with van der Waals surface area (Å²) < 4.78 is 7.54. The Bertz CT molecular complexity index is 877. The average Bonchev–Trinajstić information content (AvgIpc) is 3.21. The Hall–Kier alpha value is -3.15. The summed E-state index contributed by atoms with van der Waals surface area (Å²) in [5, 5.41) is 10.6. The van der Waals surface area contributed by atoms with E-state index in [1.807, 2.05) is 36.4 Å². The molecule has 2 heterocycles. The second-order valence-electron chi connectivity index (χ2n) is 6.12. The Kier molecular flexibility index (Phi) is 4.16. The maximum Gasteiger partial charge on any atom is 0.251 e. The monoisotopic (exact) mass is 334 g/mol. The van der Waals surface area contributed by atoms with E-state index in [-0.39, 0.29) is 11.8 Å². The van der Waals surface area contributed by atoms with Crippen LogP contribution in [0, 0.1) is 5.92 Å². The molecule has 0 spiro atoms. The maximum absolute atomic E-state index is 12.5. The number of carbonyl (C=O) groups is 1. The molecule has 6 heteroatoms. The minimum absolute atomic E-state index is 0.0891. The molecule has 0 bridgehead atoms. The lowest BCUT2D eigenvalue weighted by Crippen LogP contribution is -2.34. The number of para-hydroxylation sites is 1. The van der Waals surface area contributed by atoms with Crippen LogP contribution < -0.4 is 10.1 Å². The zero-order valence-corrected chi connectivity index (χ0v) is 13.6. The van der Waals surface area contributed by atoms with Gasteiger partial charge in [0.25, 0.3) is 5.91 Å². The molecule has 1 atom stereocenters. The topological polar surface area (TPSA) is 69.0 Å². The van der Waals surface area contributed by atoms with Crippen LogP contribution in [0.1, 0.15) is 15.9 Å². The van der Waals surface area contributed by atoms with E-state index in [9.17, 15) is 4.79 Å². The van der Waals surface area contributed by atoms with Crippen LogP contribution in [0.25, 0.3) is 5.69 Å². The predicted molar refractivity (Wildman–Crippen MR) is 92.8 cm³/mol. The van der Waals surface area contributed by atoms with Gasteiger partial charge in [-0.05, 0) is 36.2 Å². The van der Waals surface area contributed by atoms with Crippen molar-refractivity contribution in [2.75, 3.05) is 13.2 Å². The van der Waals surface area contributed by atoms with Crippen LogP contribution in [-0.2, 0) is 6.42 Å². The van der Waals surface area contributed by atoms with E-state index >= 15 is 0 Å². The van der Waals surface area contributed by atoms with Gasteiger partial charge >= 0.3 is 0 Å². The summed E-state index contributed by atoms with van der Waals surface area (Å²) in [4.78, 5) is 12.5. The third-order valence-electron chi connectivity index (χ3n) is 4.33. The molecule has 1 N–H and O–H groups in total. The molecule has 0 saturated carbocycles. The molecule has 3 aromatic rings. The molecule has 6 nitrogen and oxygen atoms in total. The van der Waals surface area contributed by atoms with Crippen molar-refractivity contribution in [3.8, 4) is 11.4 Å². The van der Waals surface area contributed by atoms with Crippen molar-refractivity contribution in [1.29, 1.82) is 0 Å².